The second kappa shape index (κ2) is 6.81. The summed E-state index contributed by atoms with van der Waals surface area (Å²) in [6.07, 6.45) is 0. The minimum Gasteiger partial charge on any atom is -0.324 e. The molecule has 2 saturated heterocycles. The number of nitrogens with zero attached hydrogens (tertiary/aromatic N) is 1. The van der Waals surface area contributed by atoms with Crippen LogP contribution in [0.25, 0.3) is 0 Å². The Labute approximate surface area is 205 Å². The summed E-state index contributed by atoms with van der Waals surface area (Å²) in [4.78, 5) is 45.4. The summed E-state index contributed by atoms with van der Waals surface area (Å²) in [5, 5.41) is 3.61. The Morgan fingerprint density at radius 1 is 0.882 bits per heavy atom. The van der Waals surface area contributed by atoms with E-state index in [1.165, 1.54) is 0 Å². The van der Waals surface area contributed by atoms with Crippen molar-refractivity contribution in [3.63, 3.8) is 0 Å². The number of halogens is 1. The Bertz CT molecular complexity index is 1390. The molecule has 3 atom stereocenters. The van der Waals surface area contributed by atoms with Gasteiger partial charge in [0.15, 0.2) is 17.1 Å². The predicted molar refractivity (Wildman–Crippen MR) is 131 cm³/mol. The zero-order valence-corrected chi connectivity index (χ0v) is 19.5. The van der Waals surface area contributed by atoms with Gasteiger partial charge in [0.2, 0.25) is 0 Å². The Kier molecular flexibility index (Phi) is 4.10. The van der Waals surface area contributed by atoms with Crippen LogP contribution in [0.5, 0.6) is 0 Å². The number of Topliss-reactive ketones (excluding diaryl/α,β-unsaturated/α-hetero) is 2. The van der Waals surface area contributed by atoms with Gasteiger partial charge in [0, 0.05) is 51.0 Å². The quantitative estimate of drug-likeness (QED) is 0.504. The fourth-order valence-electron chi connectivity index (χ4n) is 6.90. The number of ketones is 2. The molecule has 0 radical (unpaired) electrons. The van der Waals surface area contributed by atoms with E-state index in [4.69, 9.17) is 11.6 Å². The average molecular weight is 487 g/mol. The molecule has 5 nitrogen and oxygen atoms in total. The van der Waals surface area contributed by atoms with Crippen molar-refractivity contribution in [3.8, 4) is 0 Å². The van der Waals surface area contributed by atoms with Gasteiger partial charge in [0.25, 0.3) is 5.91 Å². The number of anilines is 1. The molecule has 4 aliphatic rings. The molecule has 7 heteroatoms. The SMILES string of the molecule is O=C1c2ccccc2C(=O)C12[C@@H](c1ccc(Cl)cc1)[C@@H]1CSCN1[C@@]21C(=O)Nc2ccccc21. The van der Waals surface area contributed by atoms with Crippen molar-refractivity contribution in [2.75, 3.05) is 16.9 Å². The average Bonchev–Trinajstić information content (AvgIpc) is 3.55. The normalized spacial score (nSPS) is 28.4. The van der Waals surface area contributed by atoms with Gasteiger partial charge in [-0.05, 0) is 23.8 Å². The first-order valence-electron chi connectivity index (χ1n) is 11.2. The Balaban J connectivity index is 1.62. The fourth-order valence-corrected chi connectivity index (χ4v) is 8.33. The Morgan fingerprint density at radius 2 is 1.53 bits per heavy atom. The van der Waals surface area contributed by atoms with Crippen molar-refractivity contribution < 1.29 is 14.4 Å². The van der Waals surface area contributed by atoms with Crippen molar-refractivity contribution in [2.24, 2.45) is 5.41 Å². The number of carbonyl (C=O) groups excluding carboxylic acids is 3. The van der Waals surface area contributed by atoms with Crippen molar-refractivity contribution >= 4 is 46.5 Å². The molecule has 168 valence electrons. The molecule has 2 spiro atoms. The Hall–Kier alpha value is -2.93. The maximum atomic E-state index is 14.6. The van der Waals surface area contributed by atoms with Crippen LogP contribution in [-0.2, 0) is 10.3 Å². The van der Waals surface area contributed by atoms with Gasteiger partial charge < -0.3 is 5.32 Å². The van der Waals surface area contributed by atoms with Gasteiger partial charge in [-0.25, -0.2) is 0 Å². The highest BCUT2D eigenvalue weighted by Gasteiger charge is 2.82. The summed E-state index contributed by atoms with van der Waals surface area (Å²) in [7, 11) is 0. The molecule has 0 saturated carbocycles. The van der Waals surface area contributed by atoms with E-state index in [0.29, 0.717) is 33.3 Å². The summed E-state index contributed by atoms with van der Waals surface area (Å²) < 4.78 is 0. The maximum Gasteiger partial charge on any atom is 0.251 e. The number of rotatable bonds is 1. The highest BCUT2D eigenvalue weighted by molar-refractivity contribution is 7.99. The van der Waals surface area contributed by atoms with Gasteiger partial charge in [-0.1, -0.05) is 66.2 Å². The number of benzene rings is 3. The first kappa shape index (κ1) is 20.4. The number of hydrogen-bond donors (Lipinski definition) is 1. The molecular formula is C27H19ClN2O3S. The second-order valence-corrected chi connectivity index (χ2v) is 10.7. The zero-order chi connectivity index (χ0) is 23.2. The van der Waals surface area contributed by atoms with Gasteiger partial charge in [-0.3, -0.25) is 19.3 Å². The van der Waals surface area contributed by atoms with Crippen molar-refractivity contribution in [1.29, 1.82) is 0 Å². The lowest BCUT2D eigenvalue weighted by molar-refractivity contribution is -0.129. The van der Waals surface area contributed by atoms with E-state index in [1.54, 1.807) is 48.2 Å². The molecule has 34 heavy (non-hydrogen) atoms. The fraction of sp³-hybridized carbons (Fsp3) is 0.222. The molecule has 3 aromatic rings. The van der Waals surface area contributed by atoms with Crippen LogP contribution in [0.1, 0.15) is 37.8 Å². The van der Waals surface area contributed by atoms with Crippen LogP contribution in [0.2, 0.25) is 5.02 Å². The first-order chi connectivity index (χ1) is 16.5. The minimum absolute atomic E-state index is 0.162. The van der Waals surface area contributed by atoms with Crippen LogP contribution < -0.4 is 5.32 Å². The van der Waals surface area contributed by atoms with Crippen LogP contribution in [0.4, 0.5) is 5.69 Å². The van der Waals surface area contributed by atoms with Crippen LogP contribution in [0.3, 0.4) is 0 Å². The monoisotopic (exact) mass is 486 g/mol. The number of fused-ring (bicyclic) bond motifs is 6. The van der Waals surface area contributed by atoms with Crippen LogP contribution in [0, 0.1) is 5.41 Å². The summed E-state index contributed by atoms with van der Waals surface area (Å²) in [5.74, 6) is -0.0342. The molecule has 1 N–H and O–H groups in total. The first-order valence-corrected chi connectivity index (χ1v) is 12.8. The number of amides is 1. The topological polar surface area (TPSA) is 66.5 Å². The van der Waals surface area contributed by atoms with E-state index < -0.39 is 16.9 Å². The largest absolute Gasteiger partial charge is 0.324 e. The number of thioether (sulfide) groups is 1. The lowest BCUT2D eigenvalue weighted by Crippen LogP contribution is -2.60. The lowest BCUT2D eigenvalue weighted by Gasteiger charge is -2.42. The van der Waals surface area contributed by atoms with Crippen molar-refractivity contribution in [2.45, 2.75) is 17.5 Å². The van der Waals surface area contributed by atoms with E-state index in [0.717, 1.165) is 11.3 Å². The molecule has 0 aromatic heterocycles. The maximum absolute atomic E-state index is 14.6. The number of carbonyl (C=O) groups is 3. The van der Waals surface area contributed by atoms with Crippen molar-refractivity contribution in [1.82, 2.24) is 4.90 Å². The van der Waals surface area contributed by atoms with Crippen LogP contribution in [-0.4, -0.2) is 40.0 Å². The summed E-state index contributed by atoms with van der Waals surface area (Å²) >= 11 is 7.94. The zero-order valence-electron chi connectivity index (χ0n) is 18.0. The van der Waals surface area contributed by atoms with E-state index in [2.05, 4.69) is 10.2 Å². The highest BCUT2D eigenvalue weighted by atomic mass is 35.5. The summed E-state index contributed by atoms with van der Waals surface area (Å²) in [6.45, 7) is 0. The molecule has 0 bridgehead atoms. The summed E-state index contributed by atoms with van der Waals surface area (Å²) in [6, 6.07) is 21.7. The van der Waals surface area contributed by atoms with E-state index >= 15 is 0 Å². The summed E-state index contributed by atoms with van der Waals surface area (Å²) in [5.41, 5.74) is -0.00397. The standard InChI is InChI=1S/C27H19ClN2O3S/c28-16-11-9-15(10-12-16)22-21-13-34-14-30(21)27(19-7-3-4-8-20(19)29-25(27)33)26(22)23(31)17-5-1-2-6-18(17)24(26)32/h1-12,21-22H,13-14H2,(H,29,33)/t21-,22-,27-/m0/s1. The van der Waals surface area contributed by atoms with Crippen LogP contribution in [0.15, 0.2) is 72.8 Å². The van der Waals surface area contributed by atoms with E-state index in [9.17, 15) is 14.4 Å². The molecule has 3 aliphatic heterocycles. The third kappa shape index (κ3) is 2.11. The molecule has 3 aromatic carbocycles. The molecule has 3 heterocycles. The highest BCUT2D eigenvalue weighted by Crippen LogP contribution is 2.70. The van der Waals surface area contributed by atoms with E-state index in [-0.39, 0.29) is 23.5 Å². The minimum atomic E-state index is -1.60. The second-order valence-electron chi connectivity index (χ2n) is 9.29. The predicted octanol–water partition coefficient (Wildman–Crippen LogP) is 4.73. The number of nitrogens with one attached hydrogen (secondary N) is 1. The van der Waals surface area contributed by atoms with Gasteiger partial charge in [-0.15, -0.1) is 11.8 Å². The molecule has 0 unspecified atom stereocenters. The number of para-hydroxylation sites is 1. The molecule has 1 amide bonds. The molecular weight excluding hydrogens is 468 g/mol. The molecule has 2 fully saturated rings. The lowest BCUT2D eigenvalue weighted by atomic mass is 9.57. The third-order valence-electron chi connectivity index (χ3n) is 8.03. The van der Waals surface area contributed by atoms with Gasteiger partial charge >= 0.3 is 0 Å². The molecule has 1 aliphatic carbocycles. The van der Waals surface area contributed by atoms with Gasteiger partial charge in [0.1, 0.15) is 5.41 Å². The van der Waals surface area contributed by atoms with Gasteiger partial charge in [-0.2, -0.15) is 0 Å². The van der Waals surface area contributed by atoms with Crippen molar-refractivity contribution in [3.05, 3.63) is 100 Å². The van der Waals surface area contributed by atoms with E-state index in [1.807, 2.05) is 36.4 Å². The molecule has 7 rings (SSSR count). The smallest absolute Gasteiger partial charge is 0.251 e. The van der Waals surface area contributed by atoms with Gasteiger partial charge in [0.05, 0.1) is 0 Å². The third-order valence-corrected chi connectivity index (χ3v) is 9.32. The number of hydrogen-bond acceptors (Lipinski definition) is 5. The van der Waals surface area contributed by atoms with Crippen LogP contribution >= 0.6 is 23.4 Å². The Morgan fingerprint density at radius 3 is 2.24 bits per heavy atom.